The Morgan fingerprint density at radius 1 is 1.14 bits per heavy atom. The van der Waals surface area contributed by atoms with Gasteiger partial charge in [0.05, 0.1) is 12.2 Å². The summed E-state index contributed by atoms with van der Waals surface area (Å²) in [5.74, 6) is 2.63. The number of carbonyl (C=O) groups excluding carboxylic acids is 1. The minimum atomic E-state index is -0.0568. The van der Waals surface area contributed by atoms with E-state index in [9.17, 15) is 4.79 Å². The van der Waals surface area contributed by atoms with E-state index >= 15 is 0 Å². The molecule has 2 aliphatic heterocycles. The summed E-state index contributed by atoms with van der Waals surface area (Å²) < 4.78 is 0. The second kappa shape index (κ2) is 8.39. The van der Waals surface area contributed by atoms with Gasteiger partial charge in [-0.1, -0.05) is 26.0 Å². The smallest absolute Gasteiger partial charge is 0.322 e. The average molecular weight is 394 g/mol. The molecule has 1 fully saturated rings. The molecule has 0 radical (unpaired) electrons. The number of aromatic nitrogens is 2. The molecule has 2 aliphatic rings. The van der Waals surface area contributed by atoms with E-state index in [0.717, 1.165) is 60.4 Å². The fraction of sp³-hybridized carbons (Fsp3) is 0.522. The molecule has 154 valence electrons. The van der Waals surface area contributed by atoms with E-state index in [0.29, 0.717) is 13.1 Å². The van der Waals surface area contributed by atoms with Crippen LogP contribution in [0, 0.1) is 12.8 Å². The topological polar surface area (TPSA) is 61.4 Å². The summed E-state index contributed by atoms with van der Waals surface area (Å²) in [6.45, 7) is 9.71. The molecule has 2 aromatic rings. The molecule has 0 bridgehead atoms. The van der Waals surface area contributed by atoms with Gasteiger partial charge in [-0.25, -0.2) is 14.8 Å². The molecule has 4 rings (SSSR count). The Hall–Kier alpha value is -2.63. The number of benzene rings is 1. The lowest BCUT2D eigenvalue weighted by Gasteiger charge is -2.36. The van der Waals surface area contributed by atoms with Crippen LogP contribution in [0.2, 0.25) is 0 Å². The molecular weight excluding hydrogens is 362 g/mol. The van der Waals surface area contributed by atoms with Crippen molar-refractivity contribution in [2.24, 2.45) is 5.92 Å². The van der Waals surface area contributed by atoms with Crippen molar-refractivity contribution in [2.45, 2.75) is 53.0 Å². The molecule has 1 N–H and O–H groups in total. The molecule has 29 heavy (non-hydrogen) atoms. The highest BCUT2D eigenvalue weighted by Gasteiger charge is 2.28. The number of aryl methyl sites for hydroxylation is 2. The first kappa shape index (κ1) is 19.7. The Labute approximate surface area is 173 Å². The summed E-state index contributed by atoms with van der Waals surface area (Å²) in [6.07, 6.45) is 4.15. The van der Waals surface area contributed by atoms with Crippen molar-refractivity contribution in [3.63, 3.8) is 0 Å². The number of fused-ring (bicyclic) bond motifs is 1. The molecule has 1 aromatic heterocycles. The van der Waals surface area contributed by atoms with Crippen molar-refractivity contribution in [2.75, 3.05) is 29.9 Å². The highest BCUT2D eigenvalue weighted by molar-refractivity contribution is 5.89. The molecule has 1 aromatic carbocycles. The van der Waals surface area contributed by atoms with Crippen LogP contribution in [-0.2, 0) is 19.4 Å². The Balaban J connectivity index is 1.51. The van der Waals surface area contributed by atoms with E-state index in [1.54, 1.807) is 0 Å². The Bertz CT molecular complexity index is 872. The number of rotatable bonds is 3. The van der Waals surface area contributed by atoms with Crippen molar-refractivity contribution in [3.8, 4) is 0 Å². The van der Waals surface area contributed by atoms with Crippen molar-refractivity contribution < 1.29 is 4.79 Å². The number of amides is 2. The van der Waals surface area contributed by atoms with Gasteiger partial charge >= 0.3 is 6.03 Å². The maximum Gasteiger partial charge on any atom is 0.322 e. The van der Waals surface area contributed by atoms with Crippen molar-refractivity contribution in [3.05, 3.63) is 46.9 Å². The number of nitrogens with zero attached hydrogens (tertiary/aromatic N) is 4. The molecule has 6 nitrogen and oxygen atoms in total. The summed E-state index contributed by atoms with van der Waals surface area (Å²) in [4.78, 5) is 26.6. The maximum atomic E-state index is 12.9. The van der Waals surface area contributed by atoms with Gasteiger partial charge in [-0.15, -0.1) is 0 Å². The first-order chi connectivity index (χ1) is 14.0. The molecule has 0 aliphatic carbocycles. The third kappa shape index (κ3) is 4.36. The molecule has 3 heterocycles. The predicted molar refractivity (Wildman–Crippen MR) is 116 cm³/mol. The summed E-state index contributed by atoms with van der Waals surface area (Å²) in [7, 11) is 0. The number of carbonyl (C=O) groups is 1. The Morgan fingerprint density at radius 3 is 2.55 bits per heavy atom. The molecule has 0 spiro atoms. The van der Waals surface area contributed by atoms with Crippen LogP contribution < -0.4 is 10.2 Å². The van der Waals surface area contributed by atoms with Gasteiger partial charge in [-0.3, -0.25) is 0 Å². The lowest BCUT2D eigenvalue weighted by atomic mass is 9.98. The number of piperidine rings is 1. The molecule has 0 atom stereocenters. The summed E-state index contributed by atoms with van der Waals surface area (Å²) >= 11 is 0. The van der Waals surface area contributed by atoms with Crippen molar-refractivity contribution in [1.29, 1.82) is 0 Å². The zero-order chi connectivity index (χ0) is 20.4. The van der Waals surface area contributed by atoms with E-state index < -0.39 is 0 Å². The molecule has 2 amide bonds. The van der Waals surface area contributed by atoms with Crippen LogP contribution in [0.3, 0.4) is 0 Å². The minimum absolute atomic E-state index is 0.0568. The normalized spacial score (nSPS) is 17.2. The highest BCUT2D eigenvalue weighted by Crippen LogP contribution is 2.30. The lowest BCUT2D eigenvalue weighted by Crippen LogP contribution is -2.41. The summed E-state index contributed by atoms with van der Waals surface area (Å²) in [5, 5.41) is 3.04. The van der Waals surface area contributed by atoms with Crippen molar-refractivity contribution in [1.82, 2.24) is 14.9 Å². The Kier molecular flexibility index (Phi) is 5.69. The molecular formula is C23H31N5O. The molecule has 0 saturated carbocycles. The highest BCUT2D eigenvalue weighted by atomic mass is 16.2. The van der Waals surface area contributed by atoms with Crippen LogP contribution in [-0.4, -0.2) is 40.5 Å². The standard InChI is InChI=1S/C23H31N5O/c1-4-18-5-7-19(8-6-18)26-23(29)28-14-11-21-20(15-28)22(25-17(3)24-21)27-12-9-16(2)10-13-27/h5-8,16H,4,9-15H2,1-3H3,(H,26,29). The van der Waals surface area contributed by atoms with E-state index in [2.05, 4.69) is 41.2 Å². The van der Waals surface area contributed by atoms with Crippen LogP contribution in [0.1, 0.15) is 49.3 Å². The van der Waals surface area contributed by atoms with Gasteiger partial charge in [0.2, 0.25) is 0 Å². The van der Waals surface area contributed by atoms with Crippen LogP contribution >= 0.6 is 0 Å². The monoisotopic (exact) mass is 393 g/mol. The van der Waals surface area contributed by atoms with Gasteiger partial charge in [0, 0.05) is 37.3 Å². The van der Waals surface area contributed by atoms with Gasteiger partial charge in [0.1, 0.15) is 11.6 Å². The SMILES string of the molecule is CCc1ccc(NC(=O)N2CCc3nc(C)nc(N4CCC(C)CC4)c3C2)cc1. The summed E-state index contributed by atoms with van der Waals surface area (Å²) in [5.41, 5.74) is 4.32. The number of urea groups is 1. The predicted octanol–water partition coefficient (Wildman–Crippen LogP) is 4.17. The van der Waals surface area contributed by atoms with E-state index in [-0.39, 0.29) is 6.03 Å². The quantitative estimate of drug-likeness (QED) is 0.850. The van der Waals surface area contributed by atoms with Gasteiger partial charge in [-0.2, -0.15) is 0 Å². The van der Waals surface area contributed by atoms with Crippen molar-refractivity contribution >= 4 is 17.5 Å². The van der Waals surface area contributed by atoms with Gasteiger partial charge in [0.15, 0.2) is 0 Å². The van der Waals surface area contributed by atoms with Crippen LogP contribution in [0.25, 0.3) is 0 Å². The van der Waals surface area contributed by atoms with Crippen LogP contribution in [0.5, 0.6) is 0 Å². The first-order valence-electron chi connectivity index (χ1n) is 10.8. The third-order valence-electron chi connectivity index (χ3n) is 6.13. The minimum Gasteiger partial charge on any atom is -0.356 e. The van der Waals surface area contributed by atoms with E-state index in [4.69, 9.17) is 4.98 Å². The largest absolute Gasteiger partial charge is 0.356 e. The molecule has 0 unspecified atom stereocenters. The third-order valence-corrected chi connectivity index (χ3v) is 6.13. The second-order valence-electron chi connectivity index (χ2n) is 8.34. The number of anilines is 2. The second-order valence-corrected chi connectivity index (χ2v) is 8.34. The number of nitrogens with one attached hydrogen (secondary N) is 1. The first-order valence-corrected chi connectivity index (χ1v) is 10.8. The zero-order valence-electron chi connectivity index (χ0n) is 17.7. The van der Waals surface area contributed by atoms with Crippen LogP contribution in [0.15, 0.2) is 24.3 Å². The summed E-state index contributed by atoms with van der Waals surface area (Å²) in [6, 6.07) is 8.02. The average Bonchev–Trinajstić information content (AvgIpc) is 2.74. The fourth-order valence-electron chi connectivity index (χ4n) is 4.20. The lowest BCUT2D eigenvalue weighted by molar-refractivity contribution is 0.206. The molecule has 6 heteroatoms. The zero-order valence-corrected chi connectivity index (χ0v) is 17.7. The van der Waals surface area contributed by atoms with E-state index in [1.165, 1.54) is 18.4 Å². The van der Waals surface area contributed by atoms with Gasteiger partial charge in [0.25, 0.3) is 0 Å². The maximum absolute atomic E-state index is 12.9. The van der Waals surface area contributed by atoms with Gasteiger partial charge < -0.3 is 15.1 Å². The molecule has 1 saturated heterocycles. The fourth-order valence-corrected chi connectivity index (χ4v) is 4.20. The number of hydrogen-bond acceptors (Lipinski definition) is 4. The van der Waals surface area contributed by atoms with E-state index in [1.807, 2.05) is 24.0 Å². The van der Waals surface area contributed by atoms with Gasteiger partial charge in [-0.05, 0) is 49.8 Å². The Morgan fingerprint density at radius 2 is 1.86 bits per heavy atom. The number of hydrogen-bond donors (Lipinski definition) is 1. The van der Waals surface area contributed by atoms with Crippen LogP contribution in [0.4, 0.5) is 16.3 Å².